The maximum atomic E-state index is 11.4. The highest BCUT2D eigenvalue weighted by molar-refractivity contribution is 7.80. The van der Waals surface area contributed by atoms with Crippen LogP contribution in [0.3, 0.4) is 0 Å². The molecule has 1 aromatic rings. The molecular weight excluding hydrogens is 224 g/mol. The van der Waals surface area contributed by atoms with E-state index in [-0.39, 0.29) is 5.05 Å². The van der Waals surface area contributed by atoms with E-state index in [1.807, 2.05) is 30.3 Å². The molecule has 0 unspecified atom stereocenters. The average molecular weight is 238 g/mol. The van der Waals surface area contributed by atoms with Gasteiger partial charge in [0, 0.05) is 5.56 Å². The molecule has 0 saturated carbocycles. The summed E-state index contributed by atoms with van der Waals surface area (Å²) in [5.41, 5.74) is -0.295. The summed E-state index contributed by atoms with van der Waals surface area (Å²) in [5.74, 6) is -0.453. The summed E-state index contributed by atoms with van der Waals surface area (Å²) in [4.78, 5) is 11.4. The van der Waals surface area contributed by atoms with Crippen LogP contribution in [0.1, 0.15) is 19.4 Å². The highest BCUT2D eigenvalue weighted by atomic mass is 32.1. The predicted octanol–water partition coefficient (Wildman–Crippen LogP) is 2.33. The summed E-state index contributed by atoms with van der Waals surface area (Å²) >= 11 is 5.11. The Morgan fingerprint density at radius 2 is 1.81 bits per heavy atom. The predicted molar refractivity (Wildman–Crippen MR) is 65.3 cm³/mol. The van der Waals surface area contributed by atoms with Gasteiger partial charge in [-0.3, -0.25) is 0 Å². The van der Waals surface area contributed by atoms with E-state index in [1.54, 1.807) is 13.8 Å². The van der Waals surface area contributed by atoms with Gasteiger partial charge in [0.1, 0.15) is 0 Å². The zero-order valence-electron chi connectivity index (χ0n) is 9.52. The molecule has 0 N–H and O–H groups in total. The average Bonchev–Trinajstić information content (AvgIpc) is 2.28. The van der Waals surface area contributed by atoms with E-state index in [0.717, 1.165) is 5.56 Å². The van der Waals surface area contributed by atoms with E-state index in [9.17, 15) is 4.79 Å². The van der Waals surface area contributed by atoms with Crippen LogP contribution in [0.5, 0.6) is 0 Å². The van der Waals surface area contributed by atoms with Crippen molar-refractivity contribution in [3.8, 4) is 0 Å². The summed E-state index contributed by atoms with van der Waals surface area (Å²) < 4.78 is 10.1. The van der Waals surface area contributed by atoms with Gasteiger partial charge in [0.25, 0.3) is 0 Å². The number of esters is 1. The van der Waals surface area contributed by atoms with E-state index in [4.69, 9.17) is 17.0 Å². The molecule has 1 rings (SSSR count). The number of ether oxygens (including phenoxy) is 2. The quantitative estimate of drug-likeness (QED) is 0.598. The fraction of sp³-hybridized carbons (Fsp3) is 0.333. The van der Waals surface area contributed by atoms with Crippen molar-refractivity contribution in [3.63, 3.8) is 0 Å². The van der Waals surface area contributed by atoms with Crippen LogP contribution in [0.4, 0.5) is 0 Å². The van der Waals surface area contributed by atoms with Gasteiger partial charge in [-0.25, -0.2) is 4.79 Å². The number of hydrogen-bond donors (Lipinski definition) is 0. The SMILES string of the molecule is COC(=O)C(C)(C)OC(=S)c1ccccc1. The normalized spacial score (nSPS) is 10.7. The van der Waals surface area contributed by atoms with Gasteiger partial charge in [-0.15, -0.1) is 0 Å². The van der Waals surface area contributed by atoms with Crippen molar-refractivity contribution in [1.82, 2.24) is 0 Å². The Morgan fingerprint density at radius 3 is 2.31 bits per heavy atom. The molecule has 0 aromatic heterocycles. The molecule has 86 valence electrons. The van der Waals surface area contributed by atoms with Crippen LogP contribution in [0.2, 0.25) is 0 Å². The number of carbonyl (C=O) groups is 1. The third-order valence-electron chi connectivity index (χ3n) is 2.03. The molecule has 0 bridgehead atoms. The Bertz CT molecular complexity index is 385. The first-order chi connectivity index (χ1) is 7.47. The third-order valence-corrected chi connectivity index (χ3v) is 2.35. The van der Waals surface area contributed by atoms with Gasteiger partial charge < -0.3 is 9.47 Å². The Labute approximate surface area is 100 Å². The summed E-state index contributed by atoms with van der Waals surface area (Å²) in [6.07, 6.45) is 0. The van der Waals surface area contributed by atoms with Crippen molar-refractivity contribution < 1.29 is 14.3 Å². The molecule has 0 aliphatic carbocycles. The summed E-state index contributed by atoms with van der Waals surface area (Å²) in [6.45, 7) is 3.24. The van der Waals surface area contributed by atoms with Crippen LogP contribution in [0, 0.1) is 0 Å². The van der Waals surface area contributed by atoms with Crippen LogP contribution in [-0.4, -0.2) is 23.7 Å². The Balaban J connectivity index is 2.76. The summed E-state index contributed by atoms with van der Waals surface area (Å²) in [7, 11) is 1.32. The van der Waals surface area contributed by atoms with Crippen LogP contribution in [-0.2, 0) is 14.3 Å². The number of rotatable bonds is 3. The van der Waals surface area contributed by atoms with E-state index in [2.05, 4.69) is 4.74 Å². The molecule has 16 heavy (non-hydrogen) atoms. The van der Waals surface area contributed by atoms with Crippen molar-refractivity contribution in [2.24, 2.45) is 0 Å². The number of hydrogen-bond acceptors (Lipinski definition) is 4. The molecule has 3 nitrogen and oxygen atoms in total. The lowest BCUT2D eigenvalue weighted by molar-refractivity contribution is -0.156. The fourth-order valence-electron chi connectivity index (χ4n) is 1.15. The lowest BCUT2D eigenvalue weighted by Gasteiger charge is -2.23. The van der Waals surface area contributed by atoms with Crippen molar-refractivity contribution in [3.05, 3.63) is 35.9 Å². The van der Waals surface area contributed by atoms with Crippen molar-refractivity contribution in [2.45, 2.75) is 19.4 Å². The van der Waals surface area contributed by atoms with Gasteiger partial charge in [0.15, 0.2) is 5.05 Å². The molecule has 0 saturated heterocycles. The van der Waals surface area contributed by atoms with Gasteiger partial charge >= 0.3 is 5.97 Å². The first-order valence-corrected chi connectivity index (χ1v) is 5.25. The maximum absolute atomic E-state index is 11.4. The van der Waals surface area contributed by atoms with Crippen molar-refractivity contribution in [1.29, 1.82) is 0 Å². The monoisotopic (exact) mass is 238 g/mol. The Hall–Kier alpha value is -1.42. The Morgan fingerprint density at radius 1 is 1.25 bits per heavy atom. The number of thiocarbonyl (C=S) groups is 1. The van der Waals surface area contributed by atoms with E-state index >= 15 is 0 Å². The summed E-state index contributed by atoms with van der Waals surface area (Å²) in [6, 6.07) is 9.26. The van der Waals surface area contributed by atoms with E-state index < -0.39 is 11.6 Å². The van der Waals surface area contributed by atoms with E-state index in [0.29, 0.717) is 0 Å². The third kappa shape index (κ3) is 3.03. The van der Waals surface area contributed by atoms with Gasteiger partial charge in [-0.1, -0.05) is 30.3 Å². The number of carbonyl (C=O) groups excluding carboxylic acids is 1. The molecule has 0 atom stereocenters. The molecule has 0 fully saturated rings. The molecular formula is C12H14O3S. The molecule has 1 aromatic carbocycles. The smallest absolute Gasteiger partial charge is 0.349 e. The lowest BCUT2D eigenvalue weighted by Crippen LogP contribution is -2.37. The van der Waals surface area contributed by atoms with Crippen LogP contribution >= 0.6 is 12.2 Å². The Kier molecular flexibility index (Phi) is 4.01. The second kappa shape index (κ2) is 5.07. The lowest BCUT2D eigenvalue weighted by atomic mass is 10.1. The minimum atomic E-state index is -1.07. The minimum absolute atomic E-state index is 0.288. The molecule has 0 heterocycles. The maximum Gasteiger partial charge on any atom is 0.349 e. The van der Waals surface area contributed by atoms with Gasteiger partial charge in [0.2, 0.25) is 5.60 Å². The van der Waals surface area contributed by atoms with Crippen LogP contribution in [0.25, 0.3) is 0 Å². The van der Waals surface area contributed by atoms with Crippen molar-refractivity contribution in [2.75, 3.05) is 7.11 Å². The minimum Gasteiger partial charge on any atom is -0.466 e. The molecule has 0 amide bonds. The number of benzene rings is 1. The van der Waals surface area contributed by atoms with Gasteiger partial charge in [0.05, 0.1) is 7.11 Å². The highest BCUT2D eigenvalue weighted by Crippen LogP contribution is 2.15. The zero-order chi connectivity index (χ0) is 12.2. The first kappa shape index (κ1) is 12.6. The highest BCUT2D eigenvalue weighted by Gasteiger charge is 2.32. The van der Waals surface area contributed by atoms with Crippen LogP contribution < -0.4 is 0 Å². The molecule has 0 spiro atoms. The molecule has 0 radical (unpaired) electrons. The van der Waals surface area contributed by atoms with Gasteiger partial charge in [-0.05, 0) is 26.1 Å². The molecule has 4 heteroatoms. The largest absolute Gasteiger partial charge is 0.466 e. The number of methoxy groups -OCH3 is 1. The van der Waals surface area contributed by atoms with E-state index in [1.165, 1.54) is 7.11 Å². The fourth-order valence-corrected chi connectivity index (χ4v) is 1.50. The van der Waals surface area contributed by atoms with Crippen molar-refractivity contribution >= 4 is 23.2 Å². The van der Waals surface area contributed by atoms with Gasteiger partial charge in [-0.2, -0.15) is 0 Å². The second-order valence-corrected chi connectivity index (χ2v) is 4.13. The standard InChI is InChI=1S/C12H14O3S/c1-12(2,11(13)14-3)15-10(16)9-7-5-4-6-8-9/h4-8H,1-3H3. The second-order valence-electron chi connectivity index (χ2n) is 3.76. The summed E-state index contributed by atoms with van der Waals surface area (Å²) in [5, 5.41) is 0.288. The zero-order valence-corrected chi connectivity index (χ0v) is 10.3. The topological polar surface area (TPSA) is 35.5 Å². The molecule has 0 aliphatic heterocycles. The van der Waals surface area contributed by atoms with Crippen LogP contribution in [0.15, 0.2) is 30.3 Å². The first-order valence-electron chi connectivity index (χ1n) is 4.84. The molecule has 0 aliphatic rings.